The summed E-state index contributed by atoms with van der Waals surface area (Å²) in [5.41, 5.74) is 8.29. The highest BCUT2D eigenvalue weighted by Crippen LogP contribution is 2.36. The summed E-state index contributed by atoms with van der Waals surface area (Å²) in [5, 5.41) is 0. The van der Waals surface area contributed by atoms with E-state index in [4.69, 9.17) is 5.73 Å². The first-order chi connectivity index (χ1) is 8.83. The molecule has 2 nitrogen and oxygen atoms in total. The lowest BCUT2D eigenvalue weighted by Gasteiger charge is -2.41. The first-order valence-electron chi connectivity index (χ1n) is 7.38. The maximum atomic E-state index is 6.04. The summed E-state index contributed by atoms with van der Waals surface area (Å²) in [6.07, 6.45) is 7.24. The van der Waals surface area contributed by atoms with Crippen LogP contribution in [0, 0.1) is 11.8 Å². The second-order valence-electron chi connectivity index (χ2n) is 6.03. The van der Waals surface area contributed by atoms with Crippen LogP contribution in [0.2, 0.25) is 0 Å². The number of hydrogen-bond acceptors (Lipinski definition) is 2. The van der Waals surface area contributed by atoms with Crippen LogP contribution in [-0.2, 0) is 6.54 Å². The zero-order valence-electron chi connectivity index (χ0n) is 11.1. The van der Waals surface area contributed by atoms with Crippen LogP contribution >= 0.6 is 0 Å². The Balaban J connectivity index is 1.63. The third kappa shape index (κ3) is 2.54. The van der Waals surface area contributed by atoms with Gasteiger partial charge in [0.25, 0.3) is 0 Å². The molecule has 1 heterocycles. The Hall–Kier alpha value is -1.02. The molecule has 98 valence electrons. The quantitative estimate of drug-likeness (QED) is 0.809. The molecule has 2 N–H and O–H groups in total. The zero-order valence-corrected chi connectivity index (χ0v) is 11.1. The molecule has 2 atom stereocenters. The monoisotopic (exact) mass is 244 g/mol. The van der Waals surface area contributed by atoms with Gasteiger partial charge in [0.2, 0.25) is 0 Å². The average Bonchev–Trinajstić information content (AvgIpc) is 2.41. The number of fused-ring (bicyclic) bond motifs is 1. The van der Waals surface area contributed by atoms with Gasteiger partial charge in [0, 0.05) is 18.8 Å². The Morgan fingerprint density at radius 2 is 1.83 bits per heavy atom. The lowest BCUT2D eigenvalue weighted by molar-refractivity contribution is 0.0822. The standard InChI is InChI=1S/C16H24N2/c17-16-8-4-3-7-15(16)12-18-10-9-13-5-1-2-6-14(13)11-18/h3-4,7-8,13-14H,1-2,5-6,9-12,17H2/t13-,14-/m0/s1. The van der Waals surface area contributed by atoms with Crippen molar-refractivity contribution < 1.29 is 0 Å². The number of anilines is 1. The van der Waals surface area contributed by atoms with Gasteiger partial charge in [0.1, 0.15) is 0 Å². The van der Waals surface area contributed by atoms with E-state index in [0.29, 0.717) is 0 Å². The van der Waals surface area contributed by atoms with Crippen molar-refractivity contribution in [1.29, 1.82) is 0 Å². The minimum absolute atomic E-state index is 0.947. The van der Waals surface area contributed by atoms with Gasteiger partial charge in [-0.05, 0) is 42.9 Å². The summed E-state index contributed by atoms with van der Waals surface area (Å²) in [4.78, 5) is 2.61. The highest BCUT2D eigenvalue weighted by atomic mass is 15.1. The molecule has 1 saturated heterocycles. The molecule has 1 aromatic rings. The Morgan fingerprint density at radius 3 is 2.67 bits per heavy atom. The Labute approximate surface area is 110 Å². The van der Waals surface area contributed by atoms with Crippen molar-refractivity contribution in [2.75, 3.05) is 18.8 Å². The molecule has 18 heavy (non-hydrogen) atoms. The van der Waals surface area contributed by atoms with E-state index in [1.54, 1.807) is 0 Å². The molecule has 1 aromatic carbocycles. The number of nitrogens with zero attached hydrogens (tertiary/aromatic N) is 1. The normalized spacial score (nSPS) is 28.9. The summed E-state index contributed by atoms with van der Waals surface area (Å²) < 4.78 is 0. The zero-order chi connectivity index (χ0) is 12.4. The van der Waals surface area contributed by atoms with Crippen LogP contribution in [0.25, 0.3) is 0 Å². The lowest BCUT2D eigenvalue weighted by atomic mass is 9.75. The minimum Gasteiger partial charge on any atom is -0.398 e. The molecule has 2 fully saturated rings. The number of likely N-dealkylation sites (tertiary alicyclic amines) is 1. The molecule has 1 saturated carbocycles. The predicted molar refractivity (Wildman–Crippen MR) is 76.2 cm³/mol. The third-order valence-electron chi connectivity index (χ3n) is 4.82. The summed E-state index contributed by atoms with van der Waals surface area (Å²) in [6, 6.07) is 8.30. The van der Waals surface area contributed by atoms with E-state index in [1.807, 2.05) is 12.1 Å². The van der Waals surface area contributed by atoms with Crippen LogP contribution in [0.15, 0.2) is 24.3 Å². The van der Waals surface area contributed by atoms with Gasteiger partial charge >= 0.3 is 0 Å². The summed E-state index contributed by atoms with van der Waals surface area (Å²) in [7, 11) is 0. The molecule has 0 unspecified atom stereocenters. The molecule has 0 bridgehead atoms. The predicted octanol–water partition coefficient (Wildman–Crippen LogP) is 3.28. The van der Waals surface area contributed by atoms with Crippen LogP contribution in [0.4, 0.5) is 5.69 Å². The molecule has 0 amide bonds. The van der Waals surface area contributed by atoms with Crippen LogP contribution in [-0.4, -0.2) is 18.0 Å². The maximum Gasteiger partial charge on any atom is 0.0359 e. The van der Waals surface area contributed by atoms with E-state index >= 15 is 0 Å². The number of rotatable bonds is 2. The fourth-order valence-corrected chi connectivity index (χ4v) is 3.74. The Bertz CT molecular complexity index is 402. The molecule has 0 spiro atoms. The first kappa shape index (κ1) is 12.0. The molecule has 1 aliphatic heterocycles. The molecule has 0 radical (unpaired) electrons. The molecule has 3 rings (SSSR count). The first-order valence-corrected chi connectivity index (χ1v) is 7.38. The maximum absolute atomic E-state index is 6.04. The van der Waals surface area contributed by atoms with Crippen molar-refractivity contribution in [3.8, 4) is 0 Å². The largest absolute Gasteiger partial charge is 0.398 e. The summed E-state index contributed by atoms with van der Waals surface area (Å²) >= 11 is 0. The fourth-order valence-electron chi connectivity index (χ4n) is 3.74. The molecule has 2 aliphatic rings. The van der Waals surface area contributed by atoms with E-state index in [-0.39, 0.29) is 0 Å². The van der Waals surface area contributed by atoms with Crippen molar-refractivity contribution in [2.45, 2.75) is 38.6 Å². The number of nitrogens with two attached hydrogens (primary N) is 1. The fraction of sp³-hybridized carbons (Fsp3) is 0.625. The van der Waals surface area contributed by atoms with E-state index in [9.17, 15) is 0 Å². The topological polar surface area (TPSA) is 29.3 Å². The van der Waals surface area contributed by atoms with Crippen molar-refractivity contribution in [2.24, 2.45) is 11.8 Å². The molecule has 0 aromatic heterocycles. The Morgan fingerprint density at radius 1 is 1.06 bits per heavy atom. The number of para-hydroxylation sites is 1. The highest BCUT2D eigenvalue weighted by Gasteiger charge is 2.30. The van der Waals surface area contributed by atoms with Gasteiger partial charge in [0.15, 0.2) is 0 Å². The van der Waals surface area contributed by atoms with Gasteiger partial charge in [0.05, 0.1) is 0 Å². The van der Waals surface area contributed by atoms with Crippen molar-refractivity contribution >= 4 is 5.69 Å². The second-order valence-corrected chi connectivity index (χ2v) is 6.03. The van der Waals surface area contributed by atoms with Crippen LogP contribution < -0.4 is 5.73 Å². The number of benzene rings is 1. The summed E-state index contributed by atoms with van der Waals surface area (Å²) in [5.74, 6) is 1.97. The second kappa shape index (κ2) is 5.31. The molecular formula is C16H24N2. The average molecular weight is 244 g/mol. The van der Waals surface area contributed by atoms with Gasteiger partial charge in [-0.3, -0.25) is 4.90 Å². The number of hydrogen-bond donors (Lipinski definition) is 1. The van der Waals surface area contributed by atoms with Crippen LogP contribution in [0.3, 0.4) is 0 Å². The van der Waals surface area contributed by atoms with Gasteiger partial charge in [-0.25, -0.2) is 0 Å². The van der Waals surface area contributed by atoms with Crippen LogP contribution in [0.1, 0.15) is 37.7 Å². The van der Waals surface area contributed by atoms with E-state index in [2.05, 4.69) is 17.0 Å². The van der Waals surface area contributed by atoms with Crippen LogP contribution in [0.5, 0.6) is 0 Å². The van der Waals surface area contributed by atoms with E-state index in [1.165, 1.54) is 50.8 Å². The minimum atomic E-state index is 0.947. The molecule has 2 heteroatoms. The smallest absolute Gasteiger partial charge is 0.0359 e. The Kier molecular flexibility index (Phi) is 3.55. The molecule has 1 aliphatic carbocycles. The van der Waals surface area contributed by atoms with E-state index in [0.717, 1.165) is 24.1 Å². The van der Waals surface area contributed by atoms with Crippen molar-refractivity contribution in [3.63, 3.8) is 0 Å². The number of piperidine rings is 1. The SMILES string of the molecule is Nc1ccccc1CN1CC[C@@H]2CCCC[C@H]2C1. The summed E-state index contributed by atoms with van der Waals surface area (Å²) in [6.45, 7) is 3.59. The van der Waals surface area contributed by atoms with Crippen molar-refractivity contribution in [3.05, 3.63) is 29.8 Å². The van der Waals surface area contributed by atoms with Gasteiger partial charge in [-0.2, -0.15) is 0 Å². The van der Waals surface area contributed by atoms with Gasteiger partial charge < -0.3 is 5.73 Å². The lowest BCUT2D eigenvalue weighted by Crippen LogP contribution is -2.41. The highest BCUT2D eigenvalue weighted by molar-refractivity contribution is 5.46. The van der Waals surface area contributed by atoms with Gasteiger partial charge in [-0.1, -0.05) is 37.5 Å². The third-order valence-corrected chi connectivity index (χ3v) is 4.82. The number of nitrogen functional groups attached to an aromatic ring is 1. The van der Waals surface area contributed by atoms with E-state index < -0.39 is 0 Å². The molecular weight excluding hydrogens is 220 g/mol. The van der Waals surface area contributed by atoms with Crippen molar-refractivity contribution in [1.82, 2.24) is 4.90 Å². The van der Waals surface area contributed by atoms with Gasteiger partial charge in [-0.15, -0.1) is 0 Å².